The van der Waals surface area contributed by atoms with Crippen molar-refractivity contribution in [3.63, 3.8) is 0 Å². The molecule has 1 aliphatic heterocycles. The van der Waals surface area contributed by atoms with E-state index in [-0.39, 0.29) is 11.5 Å². The van der Waals surface area contributed by atoms with Gasteiger partial charge in [0, 0.05) is 29.2 Å². The fourth-order valence-electron chi connectivity index (χ4n) is 3.00. The van der Waals surface area contributed by atoms with Crippen molar-refractivity contribution in [3.8, 4) is 0 Å². The van der Waals surface area contributed by atoms with E-state index < -0.39 is 23.2 Å². The Morgan fingerprint density at radius 2 is 2.07 bits per heavy atom. The van der Waals surface area contributed by atoms with Crippen LogP contribution in [0, 0.1) is 0 Å². The highest BCUT2D eigenvalue weighted by atomic mass is 32.2. The summed E-state index contributed by atoms with van der Waals surface area (Å²) in [6, 6.07) is 6.87. The van der Waals surface area contributed by atoms with Gasteiger partial charge in [0.1, 0.15) is 6.04 Å². The average molecular weight is 384 g/mol. The molecule has 140 valence electrons. The number of hydrogen-bond acceptors (Lipinski definition) is 5. The van der Waals surface area contributed by atoms with Crippen molar-refractivity contribution in [3.05, 3.63) is 53.6 Å². The Bertz CT molecular complexity index is 960. The standard InChI is InChI=1S/C20H20N2O4S/c1-4-10-21-12-14(15-8-6-7-9-16(15)21)11-17-18(23)22(20(25)27-17)13(3)19(24)26-5-2/h4,6-9,11-13H,1,5,10H2,2-3H3/b17-11-/t13-/m0/s1. The zero-order valence-electron chi connectivity index (χ0n) is 15.2. The summed E-state index contributed by atoms with van der Waals surface area (Å²) in [5, 5.41) is 0.506. The largest absolute Gasteiger partial charge is 0.464 e. The molecule has 1 fully saturated rings. The SMILES string of the molecule is C=CCn1cc(/C=C2\SC(=O)N([C@@H](C)C(=O)OCC)C2=O)c2ccccc21. The number of aromatic nitrogens is 1. The molecule has 27 heavy (non-hydrogen) atoms. The van der Waals surface area contributed by atoms with Gasteiger partial charge in [-0.1, -0.05) is 24.3 Å². The zero-order valence-corrected chi connectivity index (χ0v) is 16.0. The van der Waals surface area contributed by atoms with Gasteiger partial charge in [0.25, 0.3) is 11.1 Å². The van der Waals surface area contributed by atoms with Crippen molar-refractivity contribution in [1.29, 1.82) is 0 Å². The van der Waals surface area contributed by atoms with Gasteiger partial charge in [0.2, 0.25) is 0 Å². The normalized spacial score (nSPS) is 17.0. The predicted octanol–water partition coefficient (Wildman–Crippen LogP) is 3.82. The van der Waals surface area contributed by atoms with Gasteiger partial charge in [-0.25, -0.2) is 4.79 Å². The quantitative estimate of drug-likeness (QED) is 0.430. The summed E-state index contributed by atoms with van der Waals surface area (Å²) < 4.78 is 6.96. The second-order valence-corrected chi connectivity index (χ2v) is 7.02. The summed E-state index contributed by atoms with van der Waals surface area (Å²) in [7, 11) is 0. The molecular formula is C20H20N2O4S. The minimum atomic E-state index is -0.953. The number of allylic oxidation sites excluding steroid dienone is 1. The van der Waals surface area contributed by atoms with Crippen molar-refractivity contribution >= 4 is 45.9 Å². The number of rotatable bonds is 6. The Balaban J connectivity index is 1.96. The molecule has 3 rings (SSSR count). The number of thioether (sulfide) groups is 1. The highest BCUT2D eigenvalue weighted by Crippen LogP contribution is 2.35. The van der Waals surface area contributed by atoms with Crippen LogP contribution in [0.3, 0.4) is 0 Å². The molecule has 6 nitrogen and oxygen atoms in total. The van der Waals surface area contributed by atoms with Crippen molar-refractivity contribution in [2.75, 3.05) is 6.61 Å². The van der Waals surface area contributed by atoms with Gasteiger partial charge in [0.05, 0.1) is 11.5 Å². The van der Waals surface area contributed by atoms with E-state index in [1.165, 1.54) is 6.92 Å². The van der Waals surface area contributed by atoms with E-state index in [0.29, 0.717) is 6.54 Å². The molecule has 0 radical (unpaired) electrons. The second kappa shape index (κ2) is 7.84. The Morgan fingerprint density at radius 3 is 2.78 bits per heavy atom. The molecule has 0 spiro atoms. The maximum Gasteiger partial charge on any atom is 0.329 e. The van der Waals surface area contributed by atoms with Crippen LogP contribution in [0.5, 0.6) is 0 Å². The first-order chi connectivity index (χ1) is 13.0. The number of imide groups is 1. The molecule has 0 saturated carbocycles. The maximum atomic E-state index is 12.7. The van der Waals surface area contributed by atoms with Crippen molar-refractivity contribution in [1.82, 2.24) is 9.47 Å². The molecule has 0 bridgehead atoms. The van der Waals surface area contributed by atoms with Crippen LogP contribution >= 0.6 is 11.8 Å². The summed E-state index contributed by atoms with van der Waals surface area (Å²) in [6.45, 7) is 7.77. The lowest BCUT2D eigenvalue weighted by Gasteiger charge is -2.19. The number of ether oxygens (including phenoxy) is 1. The summed E-state index contributed by atoms with van der Waals surface area (Å²) in [5.74, 6) is -1.07. The number of carbonyl (C=O) groups excluding carboxylic acids is 3. The first-order valence-electron chi connectivity index (χ1n) is 8.60. The average Bonchev–Trinajstić information content (AvgIpc) is 3.13. The summed E-state index contributed by atoms with van der Waals surface area (Å²) in [6.07, 6.45) is 5.42. The predicted molar refractivity (Wildman–Crippen MR) is 106 cm³/mol. The number of para-hydroxylation sites is 1. The van der Waals surface area contributed by atoms with Crippen LogP contribution in [-0.2, 0) is 20.9 Å². The Hall–Kier alpha value is -2.80. The van der Waals surface area contributed by atoms with Gasteiger partial charge in [-0.05, 0) is 37.8 Å². The van der Waals surface area contributed by atoms with Crippen LogP contribution in [0.1, 0.15) is 19.4 Å². The molecule has 0 unspecified atom stereocenters. The van der Waals surface area contributed by atoms with Crippen LogP contribution in [0.2, 0.25) is 0 Å². The molecule has 7 heteroatoms. The summed E-state index contributed by atoms with van der Waals surface area (Å²) in [5.41, 5.74) is 1.85. The fraction of sp³-hybridized carbons (Fsp3) is 0.250. The van der Waals surface area contributed by atoms with E-state index in [2.05, 4.69) is 6.58 Å². The molecule has 1 atom stereocenters. The summed E-state index contributed by atoms with van der Waals surface area (Å²) >= 11 is 0.833. The molecule has 0 aliphatic carbocycles. The van der Waals surface area contributed by atoms with Crippen molar-refractivity contribution in [2.45, 2.75) is 26.4 Å². The minimum Gasteiger partial charge on any atom is -0.464 e. The van der Waals surface area contributed by atoms with Gasteiger partial charge in [-0.15, -0.1) is 6.58 Å². The van der Waals surface area contributed by atoms with Crippen LogP contribution < -0.4 is 0 Å². The smallest absolute Gasteiger partial charge is 0.329 e. The first-order valence-corrected chi connectivity index (χ1v) is 9.42. The third kappa shape index (κ3) is 3.55. The molecule has 2 aromatic rings. The third-order valence-electron chi connectivity index (χ3n) is 4.27. The monoisotopic (exact) mass is 384 g/mol. The van der Waals surface area contributed by atoms with Crippen LogP contribution in [-0.4, -0.2) is 39.2 Å². The Morgan fingerprint density at radius 1 is 1.33 bits per heavy atom. The number of fused-ring (bicyclic) bond motifs is 1. The Kier molecular flexibility index (Phi) is 5.51. The molecule has 1 saturated heterocycles. The molecule has 2 heterocycles. The van der Waals surface area contributed by atoms with E-state index >= 15 is 0 Å². The second-order valence-electron chi connectivity index (χ2n) is 6.02. The lowest BCUT2D eigenvalue weighted by molar-refractivity contribution is -0.150. The lowest BCUT2D eigenvalue weighted by atomic mass is 10.1. The van der Waals surface area contributed by atoms with E-state index in [4.69, 9.17) is 4.74 Å². The number of nitrogens with zero attached hydrogens (tertiary/aromatic N) is 2. The fourth-order valence-corrected chi connectivity index (χ4v) is 3.90. The number of esters is 1. The number of hydrogen-bond donors (Lipinski definition) is 0. The van der Waals surface area contributed by atoms with E-state index in [1.807, 2.05) is 35.0 Å². The zero-order chi connectivity index (χ0) is 19.6. The highest BCUT2D eigenvalue weighted by molar-refractivity contribution is 8.18. The molecule has 1 aromatic heterocycles. The molecule has 0 N–H and O–H groups in total. The van der Waals surface area contributed by atoms with Crippen molar-refractivity contribution in [2.24, 2.45) is 0 Å². The molecule has 1 aliphatic rings. The number of benzene rings is 1. The van der Waals surface area contributed by atoms with Crippen LogP contribution in [0.25, 0.3) is 17.0 Å². The van der Waals surface area contributed by atoms with E-state index in [0.717, 1.165) is 33.1 Å². The van der Waals surface area contributed by atoms with Crippen LogP contribution in [0.15, 0.2) is 48.0 Å². The summed E-state index contributed by atoms with van der Waals surface area (Å²) in [4.78, 5) is 38.2. The molecular weight excluding hydrogens is 364 g/mol. The van der Waals surface area contributed by atoms with Gasteiger partial charge in [-0.3, -0.25) is 14.5 Å². The topological polar surface area (TPSA) is 68.6 Å². The highest BCUT2D eigenvalue weighted by Gasteiger charge is 2.41. The van der Waals surface area contributed by atoms with E-state index in [9.17, 15) is 14.4 Å². The van der Waals surface area contributed by atoms with Gasteiger partial charge >= 0.3 is 5.97 Å². The lowest BCUT2D eigenvalue weighted by Crippen LogP contribution is -2.42. The van der Waals surface area contributed by atoms with Crippen LogP contribution in [0.4, 0.5) is 4.79 Å². The third-order valence-corrected chi connectivity index (χ3v) is 5.15. The maximum absolute atomic E-state index is 12.7. The molecule has 2 amide bonds. The number of carbonyl (C=O) groups is 3. The molecule has 1 aromatic carbocycles. The first kappa shape index (κ1) is 19.0. The Labute approximate surface area is 161 Å². The number of amides is 2. The van der Waals surface area contributed by atoms with Crippen molar-refractivity contribution < 1.29 is 19.1 Å². The van der Waals surface area contributed by atoms with Gasteiger partial charge in [-0.2, -0.15) is 0 Å². The minimum absolute atomic E-state index is 0.193. The van der Waals surface area contributed by atoms with Gasteiger partial charge < -0.3 is 9.30 Å². The van der Waals surface area contributed by atoms with Gasteiger partial charge in [0.15, 0.2) is 0 Å². The van der Waals surface area contributed by atoms with E-state index in [1.54, 1.807) is 19.1 Å².